The Kier molecular flexibility index (Phi) is 16.3. The average molecular weight is 658 g/mol. The van der Waals surface area contributed by atoms with Crippen molar-refractivity contribution in [3.63, 3.8) is 0 Å². The first-order valence-corrected chi connectivity index (χ1v) is 15.6. The van der Waals surface area contributed by atoms with Crippen molar-refractivity contribution in [3.8, 4) is 0 Å². The zero-order valence-corrected chi connectivity index (χ0v) is 25.1. The number of Topliss-reactive ketones (excluding diaryl/α,β-unsaturated/α-hetero) is 1. The molecule has 0 spiro atoms. The summed E-state index contributed by atoms with van der Waals surface area (Å²) in [5.41, 5.74) is 1.09. The van der Waals surface area contributed by atoms with Gasteiger partial charge in [-0.25, -0.2) is 4.79 Å². The van der Waals surface area contributed by atoms with Crippen molar-refractivity contribution < 1.29 is 34.1 Å². The number of ketones is 1. The van der Waals surface area contributed by atoms with Gasteiger partial charge in [0.15, 0.2) is 0 Å². The minimum Gasteiger partial charge on any atom is -0.434 e. The highest BCUT2D eigenvalue weighted by molar-refractivity contribution is 14.1. The van der Waals surface area contributed by atoms with Crippen molar-refractivity contribution in [3.05, 3.63) is 48.0 Å². The molecular weight excluding hydrogens is 613 g/mol. The maximum atomic E-state index is 13.4. The number of alkyl halides is 1. The number of hydrogen-bond donors (Lipinski definition) is 3. The van der Waals surface area contributed by atoms with Gasteiger partial charge in [0.1, 0.15) is 11.9 Å². The van der Waals surface area contributed by atoms with E-state index in [4.69, 9.17) is 9.47 Å². The Morgan fingerprint density at radius 3 is 2.64 bits per heavy atom. The van der Waals surface area contributed by atoms with Gasteiger partial charge in [0.2, 0.25) is 5.91 Å². The van der Waals surface area contributed by atoms with E-state index in [1.54, 1.807) is 0 Å². The highest BCUT2D eigenvalue weighted by Gasteiger charge is 2.48. The van der Waals surface area contributed by atoms with Gasteiger partial charge in [-0.05, 0) is 61.9 Å². The number of aliphatic hydroxyl groups excluding tert-OH is 2. The standard InChI is InChI=1S/C30H44INO7/c1-2-32-28(36)15-9-4-3-8-14-24-25(34)21-27(39-30(37)38-19-11-10-18-31)29(24)26(35)20-23(33)17-16-22-12-6-5-7-13-22/h3,5-8,12-13,23-25,27,29,33-34H,2,4,9-11,14-21H2,1H3,(H,32,36)/b8-3-/t23-,24-,25?,27?,29+/m0/s1. The summed E-state index contributed by atoms with van der Waals surface area (Å²) in [4.78, 5) is 37.3. The van der Waals surface area contributed by atoms with Gasteiger partial charge in [-0.2, -0.15) is 0 Å². The Balaban J connectivity index is 1.98. The predicted molar refractivity (Wildman–Crippen MR) is 159 cm³/mol. The lowest BCUT2D eigenvalue weighted by atomic mass is 9.84. The number of aryl methyl sites for hydroxylation is 1. The SMILES string of the molecule is CCNC(=O)CCC/C=C\C[C@H]1C(O)CC(OC(=O)OCCCCI)[C@H]1C(=O)C[C@@H](O)CCc1ccccc1. The van der Waals surface area contributed by atoms with Gasteiger partial charge in [0.05, 0.1) is 24.7 Å². The quantitative estimate of drug-likeness (QED) is 0.0674. The number of benzene rings is 1. The number of carbonyl (C=O) groups excluding carboxylic acids is 3. The minimum absolute atomic E-state index is 0.0229. The average Bonchev–Trinajstić information content (AvgIpc) is 3.22. The third kappa shape index (κ3) is 12.8. The molecule has 1 fully saturated rings. The fraction of sp³-hybridized carbons (Fsp3) is 0.633. The molecule has 0 bridgehead atoms. The van der Waals surface area contributed by atoms with Gasteiger partial charge in [-0.1, -0.05) is 65.1 Å². The molecule has 218 valence electrons. The van der Waals surface area contributed by atoms with Crippen LogP contribution in [0.3, 0.4) is 0 Å². The third-order valence-electron chi connectivity index (χ3n) is 6.97. The summed E-state index contributed by atoms with van der Waals surface area (Å²) < 4.78 is 11.7. The molecule has 2 rings (SSSR count). The van der Waals surface area contributed by atoms with E-state index in [0.29, 0.717) is 45.1 Å². The number of hydrogen-bond acceptors (Lipinski definition) is 7. The molecular formula is C30H44INO7. The lowest BCUT2D eigenvalue weighted by Gasteiger charge is -2.24. The van der Waals surface area contributed by atoms with E-state index in [1.807, 2.05) is 49.4 Å². The van der Waals surface area contributed by atoms with Crippen molar-refractivity contribution in [2.24, 2.45) is 11.8 Å². The topological polar surface area (TPSA) is 122 Å². The number of aliphatic hydroxyl groups is 2. The smallest absolute Gasteiger partial charge is 0.434 e. The number of carbonyl (C=O) groups is 3. The summed E-state index contributed by atoms with van der Waals surface area (Å²) in [6.07, 6.45) is 5.71. The molecule has 1 aliphatic carbocycles. The molecule has 0 aromatic heterocycles. The fourth-order valence-electron chi connectivity index (χ4n) is 4.94. The van der Waals surface area contributed by atoms with E-state index < -0.39 is 36.3 Å². The molecule has 0 aliphatic heterocycles. The molecule has 0 radical (unpaired) electrons. The van der Waals surface area contributed by atoms with Crippen molar-refractivity contribution in [1.82, 2.24) is 5.32 Å². The number of unbranched alkanes of at least 4 members (excludes halogenated alkanes) is 2. The maximum Gasteiger partial charge on any atom is 0.508 e. The summed E-state index contributed by atoms with van der Waals surface area (Å²) >= 11 is 2.26. The van der Waals surface area contributed by atoms with Gasteiger partial charge >= 0.3 is 6.16 Å². The molecule has 0 heterocycles. The fourth-order valence-corrected chi connectivity index (χ4v) is 5.48. The van der Waals surface area contributed by atoms with E-state index >= 15 is 0 Å². The molecule has 1 saturated carbocycles. The molecule has 1 aliphatic rings. The van der Waals surface area contributed by atoms with Crippen LogP contribution in [0.4, 0.5) is 4.79 Å². The second-order valence-corrected chi connectivity index (χ2v) is 11.1. The van der Waals surface area contributed by atoms with Gasteiger partial charge in [0.25, 0.3) is 0 Å². The van der Waals surface area contributed by atoms with Crippen LogP contribution in [-0.2, 0) is 25.5 Å². The van der Waals surface area contributed by atoms with Crippen molar-refractivity contribution in [2.45, 2.75) is 89.4 Å². The molecule has 8 nitrogen and oxygen atoms in total. The summed E-state index contributed by atoms with van der Waals surface area (Å²) in [5, 5.41) is 24.2. The highest BCUT2D eigenvalue weighted by atomic mass is 127. The summed E-state index contributed by atoms with van der Waals surface area (Å²) in [6, 6.07) is 9.77. The maximum absolute atomic E-state index is 13.4. The molecule has 3 N–H and O–H groups in total. The molecule has 9 heteroatoms. The second-order valence-electron chi connectivity index (χ2n) is 10.0. The first-order valence-electron chi connectivity index (χ1n) is 14.1. The van der Waals surface area contributed by atoms with E-state index in [2.05, 4.69) is 27.9 Å². The molecule has 1 aromatic rings. The van der Waals surface area contributed by atoms with Crippen LogP contribution in [0.5, 0.6) is 0 Å². The molecule has 1 aromatic carbocycles. The number of ether oxygens (including phenoxy) is 2. The second kappa shape index (κ2) is 19.2. The highest BCUT2D eigenvalue weighted by Crippen LogP contribution is 2.39. The number of allylic oxidation sites excluding steroid dienone is 2. The van der Waals surface area contributed by atoms with E-state index in [-0.39, 0.29) is 31.1 Å². The number of halogens is 1. The van der Waals surface area contributed by atoms with Crippen LogP contribution in [-0.4, -0.2) is 63.9 Å². The van der Waals surface area contributed by atoms with Crippen LogP contribution < -0.4 is 5.32 Å². The monoisotopic (exact) mass is 657 g/mol. The Morgan fingerprint density at radius 2 is 1.92 bits per heavy atom. The Bertz CT molecular complexity index is 895. The molecule has 1 amide bonds. The van der Waals surface area contributed by atoms with E-state index in [1.165, 1.54) is 0 Å². The largest absolute Gasteiger partial charge is 0.508 e. The van der Waals surface area contributed by atoms with Crippen molar-refractivity contribution in [1.29, 1.82) is 0 Å². The Hall–Kier alpha value is -1.98. The normalized spacial score (nSPS) is 21.5. The van der Waals surface area contributed by atoms with E-state index in [9.17, 15) is 24.6 Å². The lowest BCUT2D eigenvalue weighted by molar-refractivity contribution is -0.130. The van der Waals surface area contributed by atoms with Crippen LogP contribution in [0, 0.1) is 11.8 Å². The van der Waals surface area contributed by atoms with Crippen molar-refractivity contribution >= 4 is 40.4 Å². The molecule has 0 saturated heterocycles. The number of amides is 1. The predicted octanol–water partition coefficient (Wildman–Crippen LogP) is 4.93. The van der Waals surface area contributed by atoms with Gasteiger partial charge in [-0.3, -0.25) is 9.59 Å². The van der Waals surface area contributed by atoms with Crippen LogP contribution in [0.15, 0.2) is 42.5 Å². The first kappa shape index (κ1) is 33.2. The van der Waals surface area contributed by atoms with Gasteiger partial charge < -0.3 is 25.0 Å². The third-order valence-corrected chi connectivity index (χ3v) is 7.73. The zero-order valence-electron chi connectivity index (χ0n) is 22.9. The summed E-state index contributed by atoms with van der Waals surface area (Å²) in [5.74, 6) is -1.36. The first-order chi connectivity index (χ1) is 18.8. The lowest BCUT2D eigenvalue weighted by Crippen LogP contribution is -2.34. The van der Waals surface area contributed by atoms with Crippen LogP contribution >= 0.6 is 22.6 Å². The molecule has 2 unspecified atom stereocenters. The molecule has 5 atom stereocenters. The summed E-state index contributed by atoms with van der Waals surface area (Å²) in [6.45, 7) is 2.74. The van der Waals surface area contributed by atoms with Crippen molar-refractivity contribution in [2.75, 3.05) is 17.6 Å². The Labute approximate surface area is 246 Å². The van der Waals surface area contributed by atoms with Gasteiger partial charge in [0, 0.05) is 31.7 Å². The Morgan fingerprint density at radius 1 is 1.15 bits per heavy atom. The van der Waals surface area contributed by atoms with Crippen LogP contribution in [0.2, 0.25) is 0 Å². The van der Waals surface area contributed by atoms with E-state index in [0.717, 1.165) is 22.8 Å². The number of nitrogens with one attached hydrogen (secondary N) is 1. The summed E-state index contributed by atoms with van der Waals surface area (Å²) in [7, 11) is 0. The zero-order chi connectivity index (χ0) is 28.5. The molecule has 39 heavy (non-hydrogen) atoms. The number of rotatable bonds is 18. The van der Waals surface area contributed by atoms with Gasteiger partial charge in [-0.15, -0.1) is 0 Å². The minimum atomic E-state index is -0.832. The van der Waals surface area contributed by atoms with Crippen LogP contribution in [0.1, 0.15) is 70.3 Å². The van der Waals surface area contributed by atoms with Crippen LogP contribution in [0.25, 0.3) is 0 Å².